The molecule has 0 saturated carbocycles. The molecule has 0 unspecified atom stereocenters. The lowest BCUT2D eigenvalue weighted by atomic mass is 10.1. The fourth-order valence-electron chi connectivity index (χ4n) is 2.62. The number of para-hydroxylation sites is 1. The smallest absolute Gasteiger partial charge is 0.261 e. The molecule has 4 heteroatoms. The van der Waals surface area contributed by atoms with Crippen molar-refractivity contribution in [1.82, 2.24) is 5.32 Å². The van der Waals surface area contributed by atoms with Crippen molar-refractivity contribution in [3.05, 3.63) is 65.0 Å². The number of carbonyl (C=O) groups is 1. The molecule has 0 saturated heterocycles. The van der Waals surface area contributed by atoms with Crippen molar-refractivity contribution in [3.63, 3.8) is 0 Å². The van der Waals surface area contributed by atoms with E-state index in [9.17, 15) is 4.79 Å². The Morgan fingerprint density at radius 3 is 2.52 bits per heavy atom. The van der Waals surface area contributed by atoms with Gasteiger partial charge in [-0.3, -0.25) is 4.79 Å². The molecule has 0 atom stereocenters. The number of hydrogen-bond acceptors (Lipinski definition) is 3. The van der Waals surface area contributed by atoms with E-state index in [1.165, 1.54) is 5.39 Å². The van der Waals surface area contributed by atoms with Gasteiger partial charge in [0, 0.05) is 30.5 Å². The van der Waals surface area contributed by atoms with Crippen molar-refractivity contribution in [1.29, 1.82) is 0 Å². The Morgan fingerprint density at radius 1 is 1.09 bits per heavy atom. The van der Waals surface area contributed by atoms with Crippen molar-refractivity contribution < 1.29 is 4.79 Å². The minimum atomic E-state index is 0.0187. The molecule has 23 heavy (non-hydrogen) atoms. The van der Waals surface area contributed by atoms with Gasteiger partial charge < -0.3 is 10.2 Å². The first kappa shape index (κ1) is 15.6. The first-order valence-corrected chi connectivity index (χ1v) is 8.51. The number of rotatable bonds is 5. The van der Waals surface area contributed by atoms with Crippen LogP contribution in [-0.4, -0.2) is 26.0 Å². The number of likely N-dealkylation sites (N-methyl/N-ethyl adjacent to an activating group) is 1. The quantitative estimate of drug-likeness (QED) is 0.767. The molecule has 1 aromatic heterocycles. The highest BCUT2D eigenvalue weighted by molar-refractivity contribution is 7.21. The zero-order valence-electron chi connectivity index (χ0n) is 13.4. The number of fused-ring (bicyclic) bond motifs is 1. The summed E-state index contributed by atoms with van der Waals surface area (Å²) >= 11 is 1.56. The summed E-state index contributed by atoms with van der Waals surface area (Å²) in [5.74, 6) is 0.0187. The molecule has 2 aromatic carbocycles. The first-order chi connectivity index (χ1) is 11.2. The number of carbonyl (C=O) groups excluding carboxylic acids is 1. The molecule has 0 aliphatic carbocycles. The third-order valence-electron chi connectivity index (χ3n) is 3.98. The normalized spacial score (nSPS) is 10.7. The monoisotopic (exact) mass is 324 g/mol. The van der Waals surface area contributed by atoms with Gasteiger partial charge in [-0.05, 0) is 36.1 Å². The summed E-state index contributed by atoms with van der Waals surface area (Å²) in [7, 11) is 2.03. The maximum atomic E-state index is 12.4. The van der Waals surface area contributed by atoms with Crippen LogP contribution >= 0.6 is 11.3 Å². The van der Waals surface area contributed by atoms with Crippen LogP contribution in [0.2, 0.25) is 0 Å². The summed E-state index contributed by atoms with van der Waals surface area (Å²) in [5, 5.41) is 4.20. The summed E-state index contributed by atoms with van der Waals surface area (Å²) in [6, 6.07) is 18.3. The second kappa shape index (κ2) is 6.84. The summed E-state index contributed by atoms with van der Waals surface area (Å²) in [5.41, 5.74) is 2.22. The van der Waals surface area contributed by atoms with E-state index in [1.54, 1.807) is 11.3 Å². The molecule has 0 aliphatic heterocycles. The third-order valence-corrected chi connectivity index (χ3v) is 5.25. The van der Waals surface area contributed by atoms with Gasteiger partial charge in [-0.2, -0.15) is 0 Å². The van der Waals surface area contributed by atoms with E-state index in [4.69, 9.17) is 0 Å². The Kier molecular flexibility index (Phi) is 4.63. The highest BCUT2D eigenvalue weighted by Gasteiger charge is 2.14. The lowest BCUT2D eigenvalue weighted by Crippen LogP contribution is -2.32. The Hall–Kier alpha value is -2.33. The topological polar surface area (TPSA) is 32.3 Å². The third kappa shape index (κ3) is 3.37. The average molecular weight is 324 g/mol. The van der Waals surface area contributed by atoms with Gasteiger partial charge in [0.1, 0.15) is 0 Å². The van der Waals surface area contributed by atoms with Crippen molar-refractivity contribution in [2.24, 2.45) is 0 Å². The van der Waals surface area contributed by atoms with Crippen LogP contribution in [0.15, 0.2) is 54.6 Å². The van der Waals surface area contributed by atoms with Gasteiger partial charge in [0.25, 0.3) is 5.91 Å². The minimum Gasteiger partial charge on any atom is -0.373 e. The van der Waals surface area contributed by atoms with Crippen LogP contribution in [0, 0.1) is 6.92 Å². The number of anilines is 1. The number of aryl methyl sites for hydroxylation is 1. The number of thiophene rings is 1. The maximum Gasteiger partial charge on any atom is 0.261 e. The van der Waals surface area contributed by atoms with Crippen LogP contribution in [0.1, 0.15) is 15.2 Å². The molecule has 1 N–H and O–H groups in total. The summed E-state index contributed by atoms with van der Waals surface area (Å²) in [6.45, 7) is 3.42. The molecule has 3 nitrogen and oxygen atoms in total. The molecular weight excluding hydrogens is 304 g/mol. The van der Waals surface area contributed by atoms with Gasteiger partial charge in [0.2, 0.25) is 0 Å². The molecule has 3 rings (SSSR count). The lowest BCUT2D eigenvalue weighted by Gasteiger charge is -2.19. The van der Waals surface area contributed by atoms with E-state index in [2.05, 4.69) is 34.5 Å². The van der Waals surface area contributed by atoms with E-state index in [1.807, 2.05) is 44.3 Å². The van der Waals surface area contributed by atoms with Gasteiger partial charge in [-0.15, -0.1) is 11.3 Å². The van der Waals surface area contributed by atoms with Gasteiger partial charge in [-0.1, -0.05) is 36.4 Å². The van der Waals surface area contributed by atoms with Crippen molar-refractivity contribution in [2.45, 2.75) is 6.92 Å². The zero-order valence-corrected chi connectivity index (χ0v) is 14.2. The molecule has 3 aromatic rings. The number of nitrogens with one attached hydrogen (secondary N) is 1. The van der Waals surface area contributed by atoms with Crippen LogP contribution in [0.5, 0.6) is 0 Å². The van der Waals surface area contributed by atoms with Crippen molar-refractivity contribution >= 4 is 33.0 Å². The molecule has 0 spiro atoms. The molecule has 1 heterocycles. The van der Waals surface area contributed by atoms with Gasteiger partial charge in [-0.25, -0.2) is 0 Å². The summed E-state index contributed by atoms with van der Waals surface area (Å²) in [6.07, 6.45) is 0. The number of nitrogens with zero attached hydrogens (tertiary/aromatic N) is 1. The van der Waals surface area contributed by atoms with E-state index < -0.39 is 0 Å². The second-order valence-corrected chi connectivity index (χ2v) is 6.62. The van der Waals surface area contributed by atoms with E-state index in [-0.39, 0.29) is 5.91 Å². The average Bonchev–Trinajstić information content (AvgIpc) is 2.93. The molecular formula is C19H20N2OS. The first-order valence-electron chi connectivity index (χ1n) is 7.69. The molecule has 118 valence electrons. The van der Waals surface area contributed by atoms with Crippen molar-refractivity contribution in [2.75, 3.05) is 25.0 Å². The number of benzene rings is 2. The molecule has 0 aliphatic rings. The number of amides is 1. The molecule has 0 bridgehead atoms. The summed E-state index contributed by atoms with van der Waals surface area (Å²) in [4.78, 5) is 15.4. The van der Waals surface area contributed by atoms with Crippen LogP contribution in [0.25, 0.3) is 10.1 Å². The molecule has 0 fully saturated rings. The van der Waals surface area contributed by atoms with E-state index in [0.717, 1.165) is 27.4 Å². The minimum absolute atomic E-state index is 0.0187. The van der Waals surface area contributed by atoms with E-state index in [0.29, 0.717) is 6.54 Å². The predicted octanol–water partition coefficient (Wildman–Crippen LogP) is 4.08. The second-order valence-electron chi connectivity index (χ2n) is 5.57. The molecule has 0 radical (unpaired) electrons. The van der Waals surface area contributed by atoms with Gasteiger partial charge >= 0.3 is 0 Å². The molecule has 1 amide bonds. The van der Waals surface area contributed by atoms with Crippen LogP contribution in [0.4, 0.5) is 5.69 Å². The van der Waals surface area contributed by atoms with Crippen molar-refractivity contribution in [3.8, 4) is 0 Å². The number of hydrogen-bond donors (Lipinski definition) is 1. The predicted molar refractivity (Wildman–Crippen MR) is 98.6 cm³/mol. The fraction of sp³-hybridized carbons (Fsp3) is 0.211. The summed E-state index contributed by atoms with van der Waals surface area (Å²) < 4.78 is 1.16. The Bertz CT molecular complexity index is 811. The SMILES string of the molecule is Cc1c(C(=O)NCCN(C)c2ccccc2)sc2ccccc12. The maximum absolute atomic E-state index is 12.4. The largest absolute Gasteiger partial charge is 0.373 e. The lowest BCUT2D eigenvalue weighted by molar-refractivity contribution is 0.0958. The Labute approximate surface area is 140 Å². The highest BCUT2D eigenvalue weighted by atomic mass is 32.1. The standard InChI is InChI=1S/C19H20N2OS/c1-14-16-10-6-7-11-17(16)23-18(14)19(22)20-12-13-21(2)15-8-4-3-5-9-15/h3-11H,12-13H2,1-2H3,(H,20,22). The van der Waals surface area contributed by atoms with Crippen LogP contribution in [-0.2, 0) is 0 Å². The van der Waals surface area contributed by atoms with Gasteiger partial charge in [0.05, 0.1) is 4.88 Å². The van der Waals surface area contributed by atoms with Crippen LogP contribution in [0.3, 0.4) is 0 Å². The highest BCUT2D eigenvalue weighted by Crippen LogP contribution is 2.30. The van der Waals surface area contributed by atoms with E-state index >= 15 is 0 Å². The Balaban J connectivity index is 1.62. The fourth-order valence-corrected chi connectivity index (χ4v) is 3.75. The van der Waals surface area contributed by atoms with Gasteiger partial charge in [0.15, 0.2) is 0 Å². The van der Waals surface area contributed by atoms with Crippen LogP contribution < -0.4 is 10.2 Å². The zero-order chi connectivity index (χ0) is 16.2. The Morgan fingerprint density at radius 2 is 1.78 bits per heavy atom.